The molecule has 4 rings (SSSR count). The summed E-state index contributed by atoms with van der Waals surface area (Å²) < 4.78 is 11.0. The van der Waals surface area contributed by atoms with Gasteiger partial charge < -0.3 is 19.8 Å². The molecule has 1 aliphatic rings. The van der Waals surface area contributed by atoms with E-state index in [0.717, 1.165) is 23.0 Å². The Morgan fingerprint density at radius 2 is 1.96 bits per heavy atom. The number of hydrogen-bond acceptors (Lipinski definition) is 7. The lowest BCUT2D eigenvalue weighted by Crippen LogP contribution is -2.18. The van der Waals surface area contributed by atoms with E-state index in [9.17, 15) is 9.59 Å². The maximum absolute atomic E-state index is 12.3. The van der Waals surface area contributed by atoms with Gasteiger partial charge in [0.25, 0.3) is 5.56 Å². The first kappa shape index (κ1) is 18.3. The number of fused-ring (bicyclic) bond motifs is 2. The number of anilines is 1. The van der Waals surface area contributed by atoms with E-state index in [-0.39, 0.29) is 17.2 Å². The third-order valence-electron chi connectivity index (χ3n) is 4.15. The summed E-state index contributed by atoms with van der Waals surface area (Å²) in [6.07, 6.45) is 0. The number of aromatic amines is 1. The zero-order chi connectivity index (χ0) is 19.7. The molecule has 0 saturated heterocycles. The molecule has 0 radical (unpaired) electrons. The second-order valence-electron chi connectivity index (χ2n) is 6.35. The molecule has 2 N–H and O–H groups in total. The van der Waals surface area contributed by atoms with Crippen LogP contribution in [0.1, 0.15) is 11.3 Å². The average Bonchev–Trinajstić information content (AvgIpc) is 2.65. The number of aromatic nitrogens is 3. The topological polar surface area (TPSA) is 106 Å². The molecule has 9 heteroatoms. The minimum atomic E-state index is -0.259. The molecule has 0 spiro atoms. The van der Waals surface area contributed by atoms with E-state index in [4.69, 9.17) is 9.47 Å². The number of nitrogens with one attached hydrogen (secondary N) is 2. The standard InChI is InChI=1S/C19H18N4O4S/c1-10-7-11(2)20-17-16(10)18(25)23-19(22-17)28-9-15(24)21-12-3-4-13-14(8-12)27-6-5-26-13/h3-4,7-8H,5-6,9H2,1-2H3,(H,21,24)(H,20,22,23,25). The van der Waals surface area contributed by atoms with Crippen molar-refractivity contribution >= 4 is 34.4 Å². The molecule has 1 aromatic carbocycles. The van der Waals surface area contributed by atoms with Crippen LogP contribution >= 0.6 is 11.8 Å². The van der Waals surface area contributed by atoms with Crippen LogP contribution in [0, 0.1) is 13.8 Å². The van der Waals surface area contributed by atoms with Gasteiger partial charge in [0.05, 0.1) is 11.1 Å². The molecule has 144 valence electrons. The highest BCUT2D eigenvalue weighted by atomic mass is 32.2. The van der Waals surface area contributed by atoms with Crippen LogP contribution in [0.4, 0.5) is 5.69 Å². The number of thioether (sulfide) groups is 1. The monoisotopic (exact) mass is 398 g/mol. The van der Waals surface area contributed by atoms with Crippen molar-refractivity contribution in [3.8, 4) is 11.5 Å². The molecular weight excluding hydrogens is 380 g/mol. The molecule has 0 fully saturated rings. The van der Waals surface area contributed by atoms with Crippen molar-refractivity contribution in [1.82, 2.24) is 15.0 Å². The summed E-state index contributed by atoms with van der Waals surface area (Å²) in [5, 5.41) is 3.62. The number of amides is 1. The van der Waals surface area contributed by atoms with Gasteiger partial charge in [0.15, 0.2) is 22.3 Å². The quantitative estimate of drug-likeness (QED) is 0.513. The van der Waals surface area contributed by atoms with Crippen LogP contribution in [0.2, 0.25) is 0 Å². The van der Waals surface area contributed by atoms with Gasteiger partial charge in [-0.05, 0) is 37.6 Å². The van der Waals surface area contributed by atoms with Gasteiger partial charge in [-0.15, -0.1) is 0 Å². The van der Waals surface area contributed by atoms with Crippen molar-refractivity contribution in [2.45, 2.75) is 19.0 Å². The van der Waals surface area contributed by atoms with Crippen LogP contribution in [-0.4, -0.2) is 39.8 Å². The minimum absolute atomic E-state index is 0.0910. The van der Waals surface area contributed by atoms with Crippen LogP contribution in [0.5, 0.6) is 11.5 Å². The largest absolute Gasteiger partial charge is 0.486 e. The van der Waals surface area contributed by atoms with E-state index in [1.54, 1.807) is 18.2 Å². The van der Waals surface area contributed by atoms with E-state index < -0.39 is 0 Å². The molecule has 28 heavy (non-hydrogen) atoms. The Bertz CT molecular complexity index is 1130. The Morgan fingerprint density at radius 1 is 1.18 bits per heavy atom. The van der Waals surface area contributed by atoms with Gasteiger partial charge in [-0.1, -0.05) is 11.8 Å². The summed E-state index contributed by atoms with van der Waals surface area (Å²) >= 11 is 1.14. The van der Waals surface area contributed by atoms with Crippen molar-refractivity contribution in [2.24, 2.45) is 0 Å². The Morgan fingerprint density at radius 3 is 2.79 bits per heavy atom. The van der Waals surface area contributed by atoms with E-state index in [2.05, 4.69) is 20.3 Å². The number of nitrogens with zero attached hydrogens (tertiary/aromatic N) is 2. The molecule has 0 bridgehead atoms. The number of carbonyl (C=O) groups is 1. The van der Waals surface area contributed by atoms with Gasteiger partial charge >= 0.3 is 0 Å². The first-order chi connectivity index (χ1) is 13.5. The second kappa shape index (κ2) is 7.51. The first-order valence-electron chi connectivity index (χ1n) is 8.70. The average molecular weight is 398 g/mol. The Balaban J connectivity index is 1.45. The number of pyridine rings is 1. The molecule has 0 aliphatic carbocycles. The lowest BCUT2D eigenvalue weighted by molar-refractivity contribution is -0.113. The van der Waals surface area contributed by atoms with Crippen molar-refractivity contribution in [3.05, 3.63) is 45.9 Å². The number of aryl methyl sites for hydroxylation is 2. The predicted octanol–water partition coefficient (Wildman–Crippen LogP) is 2.44. The Kier molecular flexibility index (Phi) is 4.91. The number of ether oxygens (including phenoxy) is 2. The minimum Gasteiger partial charge on any atom is -0.486 e. The van der Waals surface area contributed by atoms with Gasteiger partial charge in [-0.2, -0.15) is 0 Å². The lowest BCUT2D eigenvalue weighted by atomic mass is 10.2. The van der Waals surface area contributed by atoms with Crippen molar-refractivity contribution in [1.29, 1.82) is 0 Å². The Labute approximate surface area is 164 Å². The molecule has 2 aromatic heterocycles. The Hall–Kier alpha value is -3.07. The summed E-state index contributed by atoms with van der Waals surface area (Å²) in [7, 11) is 0. The smallest absolute Gasteiger partial charge is 0.261 e. The summed E-state index contributed by atoms with van der Waals surface area (Å²) in [5.41, 5.74) is 2.35. The van der Waals surface area contributed by atoms with Crippen molar-refractivity contribution < 1.29 is 14.3 Å². The van der Waals surface area contributed by atoms with Crippen LogP contribution in [0.15, 0.2) is 34.2 Å². The SMILES string of the molecule is Cc1cc(C)c2c(=O)[nH]c(SCC(=O)Nc3ccc4c(c3)OCCO4)nc2n1. The summed E-state index contributed by atoms with van der Waals surface area (Å²) in [5.74, 6) is 1.13. The number of rotatable bonds is 4. The zero-order valence-electron chi connectivity index (χ0n) is 15.4. The normalized spacial score (nSPS) is 12.8. The highest BCUT2D eigenvalue weighted by molar-refractivity contribution is 7.99. The zero-order valence-corrected chi connectivity index (χ0v) is 16.2. The van der Waals surface area contributed by atoms with Gasteiger partial charge in [-0.3, -0.25) is 9.59 Å². The van der Waals surface area contributed by atoms with E-state index in [0.29, 0.717) is 46.6 Å². The van der Waals surface area contributed by atoms with Crippen LogP contribution in [0.3, 0.4) is 0 Å². The van der Waals surface area contributed by atoms with Gasteiger partial charge in [-0.25, -0.2) is 9.97 Å². The maximum Gasteiger partial charge on any atom is 0.261 e. The lowest BCUT2D eigenvalue weighted by Gasteiger charge is -2.18. The van der Waals surface area contributed by atoms with Crippen molar-refractivity contribution in [3.63, 3.8) is 0 Å². The summed E-state index contributed by atoms with van der Waals surface area (Å²) in [6, 6.07) is 7.08. The van der Waals surface area contributed by atoms with Crippen molar-refractivity contribution in [2.75, 3.05) is 24.3 Å². The predicted molar refractivity (Wildman–Crippen MR) is 106 cm³/mol. The maximum atomic E-state index is 12.3. The fourth-order valence-electron chi connectivity index (χ4n) is 2.98. The third kappa shape index (κ3) is 3.79. The summed E-state index contributed by atoms with van der Waals surface area (Å²) in [6.45, 7) is 4.69. The molecule has 8 nitrogen and oxygen atoms in total. The van der Waals surface area contributed by atoms with E-state index >= 15 is 0 Å². The molecule has 1 aliphatic heterocycles. The van der Waals surface area contributed by atoms with Gasteiger partial charge in [0.1, 0.15) is 13.2 Å². The van der Waals surface area contributed by atoms with E-state index in [1.807, 2.05) is 19.9 Å². The first-order valence-corrected chi connectivity index (χ1v) is 9.69. The molecule has 0 atom stereocenters. The molecule has 3 heterocycles. The number of hydrogen-bond donors (Lipinski definition) is 2. The summed E-state index contributed by atoms with van der Waals surface area (Å²) in [4.78, 5) is 36.0. The molecule has 0 unspecified atom stereocenters. The molecular formula is C19H18N4O4S. The number of carbonyl (C=O) groups excluding carboxylic acids is 1. The number of benzene rings is 1. The van der Waals surface area contributed by atoms with Crippen LogP contribution in [-0.2, 0) is 4.79 Å². The number of H-pyrrole nitrogens is 1. The third-order valence-corrected chi connectivity index (χ3v) is 5.02. The van der Waals surface area contributed by atoms with E-state index in [1.165, 1.54) is 0 Å². The molecule has 1 amide bonds. The fraction of sp³-hybridized carbons (Fsp3) is 0.263. The molecule has 0 saturated carbocycles. The highest BCUT2D eigenvalue weighted by Crippen LogP contribution is 2.32. The second-order valence-corrected chi connectivity index (χ2v) is 7.31. The van der Waals surface area contributed by atoms with Gasteiger partial charge in [0, 0.05) is 17.4 Å². The van der Waals surface area contributed by atoms with Gasteiger partial charge in [0.2, 0.25) is 5.91 Å². The fourth-order valence-corrected chi connectivity index (χ4v) is 3.64. The molecule has 3 aromatic rings. The van der Waals surface area contributed by atoms with Crippen LogP contribution in [0.25, 0.3) is 11.0 Å². The highest BCUT2D eigenvalue weighted by Gasteiger charge is 2.14. The van der Waals surface area contributed by atoms with Crippen LogP contribution < -0.4 is 20.3 Å².